The third-order valence-electron chi connectivity index (χ3n) is 1.93. The Morgan fingerprint density at radius 1 is 1.31 bits per heavy atom. The SMILES string of the molecule is Clc1ncnc(N2CCNCC2)n1. The van der Waals surface area contributed by atoms with Crippen LogP contribution >= 0.6 is 11.6 Å². The molecule has 0 bridgehead atoms. The zero-order valence-corrected chi connectivity index (χ0v) is 7.83. The predicted molar refractivity (Wildman–Crippen MR) is 49.9 cm³/mol. The molecule has 0 atom stereocenters. The molecule has 5 nitrogen and oxygen atoms in total. The fourth-order valence-corrected chi connectivity index (χ4v) is 1.40. The van der Waals surface area contributed by atoms with E-state index in [2.05, 4.69) is 25.2 Å². The molecule has 2 heterocycles. The number of rotatable bonds is 1. The normalized spacial score (nSPS) is 17.5. The van der Waals surface area contributed by atoms with Gasteiger partial charge in [-0.25, -0.2) is 9.97 Å². The molecule has 1 saturated heterocycles. The quantitative estimate of drug-likeness (QED) is 0.687. The minimum atomic E-state index is 0.253. The van der Waals surface area contributed by atoms with Crippen LogP contribution in [0.25, 0.3) is 0 Å². The molecule has 0 amide bonds. The molecule has 6 heteroatoms. The van der Waals surface area contributed by atoms with E-state index in [9.17, 15) is 0 Å². The van der Waals surface area contributed by atoms with E-state index in [4.69, 9.17) is 11.6 Å². The number of nitrogens with one attached hydrogen (secondary N) is 1. The number of piperazine rings is 1. The summed E-state index contributed by atoms with van der Waals surface area (Å²) in [5, 5.41) is 3.51. The molecule has 0 unspecified atom stereocenters. The molecule has 2 rings (SSSR count). The van der Waals surface area contributed by atoms with Gasteiger partial charge in [-0.2, -0.15) is 4.98 Å². The molecule has 1 fully saturated rings. The maximum Gasteiger partial charge on any atom is 0.229 e. The van der Waals surface area contributed by atoms with Gasteiger partial charge < -0.3 is 10.2 Å². The molecule has 1 aliphatic rings. The molecule has 0 saturated carbocycles. The van der Waals surface area contributed by atoms with Crippen molar-refractivity contribution >= 4 is 17.5 Å². The van der Waals surface area contributed by atoms with Gasteiger partial charge in [-0.3, -0.25) is 0 Å². The zero-order chi connectivity index (χ0) is 9.10. The van der Waals surface area contributed by atoms with Gasteiger partial charge in [0, 0.05) is 26.2 Å². The lowest BCUT2D eigenvalue weighted by atomic mass is 10.4. The average Bonchev–Trinajstić information content (AvgIpc) is 2.19. The first-order valence-corrected chi connectivity index (χ1v) is 4.54. The summed E-state index contributed by atoms with van der Waals surface area (Å²) in [5.41, 5.74) is 0. The maximum absolute atomic E-state index is 5.66. The third kappa shape index (κ3) is 2.05. The van der Waals surface area contributed by atoms with Crippen molar-refractivity contribution in [1.29, 1.82) is 0 Å². The van der Waals surface area contributed by atoms with E-state index in [1.54, 1.807) is 0 Å². The molecular weight excluding hydrogens is 190 g/mol. The highest BCUT2D eigenvalue weighted by atomic mass is 35.5. The van der Waals surface area contributed by atoms with Crippen molar-refractivity contribution in [1.82, 2.24) is 20.3 Å². The Morgan fingerprint density at radius 2 is 2.08 bits per heavy atom. The lowest BCUT2D eigenvalue weighted by Crippen LogP contribution is -2.44. The first kappa shape index (κ1) is 8.65. The van der Waals surface area contributed by atoms with Gasteiger partial charge in [0.2, 0.25) is 11.2 Å². The minimum absolute atomic E-state index is 0.253. The van der Waals surface area contributed by atoms with Crippen molar-refractivity contribution < 1.29 is 0 Å². The van der Waals surface area contributed by atoms with E-state index in [0.29, 0.717) is 5.95 Å². The summed E-state index contributed by atoms with van der Waals surface area (Å²) in [5.74, 6) is 0.668. The van der Waals surface area contributed by atoms with Crippen LogP contribution in [0.3, 0.4) is 0 Å². The standard InChI is InChI=1S/C7H10ClN5/c8-6-10-5-11-7(12-6)13-3-1-9-2-4-13/h5,9H,1-4H2. The van der Waals surface area contributed by atoms with Crippen LogP contribution in [0.4, 0.5) is 5.95 Å². The molecule has 0 spiro atoms. The first-order valence-electron chi connectivity index (χ1n) is 4.16. The molecule has 1 aromatic rings. The maximum atomic E-state index is 5.66. The second kappa shape index (κ2) is 3.85. The van der Waals surface area contributed by atoms with Crippen LogP contribution in [-0.2, 0) is 0 Å². The van der Waals surface area contributed by atoms with Crippen molar-refractivity contribution in [2.75, 3.05) is 31.1 Å². The van der Waals surface area contributed by atoms with Gasteiger partial charge in [0.05, 0.1) is 0 Å². The topological polar surface area (TPSA) is 53.9 Å². The Kier molecular flexibility index (Phi) is 2.56. The fraction of sp³-hybridized carbons (Fsp3) is 0.571. The third-order valence-corrected chi connectivity index (χ3v) is 2.11. The Bertz CT molecular complexity index is 286. The van der Waals surface area contributed by atoms with Gasteiger partial charge in [-0.1, -0.05) is 0 Å². The lowest BCUT2D eigenvalue weighted by molar-refractivity contribution is 0.579. The van der Waals surface area contributed by atoms with Gasteiger partial charge >= 0.3 is 0 Å². The summed E-state index contributed by atoms with van der Waals surface area (Å²) in [6.07, 6.45) is 1.44. The second-order valence-corrected chi connectivity index (χ2v) is 3.13. The molecule has 1 aliphatic heterocycles. The summed E-state index contributed by atoms with van der Waals surface area (Å²) in [6.45, 7) is 3.76. The average molecular weight is 200 g/mol. The largest absolute Gasteiger partial charge is 0.338 e. The molecule has 0 aliphatic carbocycles. The number of anilines is 1. The fourth-order valence-electron chi connectivity index (χ4n) is 1.29. The summed E-state index contributed by atoms with van der Waals surface area (Å²) < 4.78 is 0. The van der Waals surface area contributed by atoms with Crippen molar-refractivity contribution in [3.05, 3.63) is 11.6 Å². The molecule has 70 valence electrons. The second-order valence-electron chi connectivity index (χ2n) is 2.79. The van der Waals surface area contributed by atoms with E-state index in [-0.39, 0.29) is 5.28 Å². The van der Waals surface area contributed by atoms with Gasteiger partial charge in [0.15, 0.2) is 0 Å². The first-order chi connectivity index (χ1) is 6.36. The van der Waals surface area contributed by atoms with Crippen LogP contribution in [-0.4, -0.2) is 41.1 Å². The summed E-state index contributed by atoms with van der Waals surface area (Å²) in [7, 11) is 0. The summed E-state index contributed by atoms with van der Waals surface area (Å²) >= 11 is 5.66. The van der Waals surface area contributed by atoms with E-state index in [0.717, 1.165) is 26.2 Å². The molecule has 13 heavy (non-hydrogen) atoms. The van der Waals surface area contributed by atoms with Crippen LogP contribution < -0.4 is 10.2 Å². The Hall–Kier alpha value is -0.940. The van der Waals surface area contributed by atoms with Gasteiger partial charge in [0.1, 0.15) is 6.33 Å². The van der Waals surface area contributed by atoms with E-state index < -0.39 is 0 Å². The number of aromatic nitrogens is 3. The van der Waals surface area contributed by atoms with Crippen molar-refractivity contribution in [2.24, 2.45) is 0 Å². The highest BCUT2D eigenvalue weighted by Crippen LogP contribution is 2.08. The molecular formula is C7H10ClN5. The Balaban J connectivity index is 2.14. The van der Waals surface area contributed by atoms with Gasteiger partial charge in [-0.15, -0.1) is 0 Å². The number of halogens is 1. The molecule has 0 aromatic carbocycles. The van der Waals surface area contributed by atoms with Gasteiger partial charge in [-0.05, 0) is 11.6 Å². The predicted octanol–water partition coefficient (Wildman–Crippen LogP) is -0.0654. The number of nitrogens with zero attached hydrogens (tertiary/aromatic N) is 4. The van der Waals surface area contributed by atoms with Crippen molar-refractivity contribution in [3.63, 3.8) is 0 Å². The molecule has 1 aromatic heterocycles. The Labute approximate surface area is 81.2 Å². The van der Waals surface area contributed by atoms with Crippen LogP contribution in [0, 0.1) is 0 Å². The van der Waals surface area contributed by atoms with Crippen LogP contribution in [0.5, 0.6) is 0 Å². The highest BCUT2D eigenvalue weighted by molar-refractivity contribution is 6.28. The van der Waals surface area contributed by atoms with Crippen molar-refractivity contribution in [3.8, 4) is 0 Å². The number of hydrogen-bond donors (Lipinski definition) is 1. The summed E-state index contributed by atoms with van der Waals surface area (Å²) in [4.78, 5) is 13.9. The minimum Gasteiger partial charge on any atom is -0.338 e. The summed E-state index contributed by atoms with van der Waals surface area (Å²) in [6, 6.07) is 0. The zero-order valence-electron chi connectivity index (χ0n) is 7.07. The molecule has 1 N–H and O–H groups in total. The number of hydrogen-bond acceptors (Lipinski definition) is 5. The monoisotopic (exact) mass is 199 g/mol. The highest BCUT2D eigenvalue weighted by Gasteiger charge is 2.12. The van der Waals surface area contributed by atoms with Crippen LogP contribution in [0.2, 0.25) is 5.28 Å². The van der Waals surface area contributed by atoms with E-state index in [1.807, 2.05) is 0 Å². The van der Waals surface area contributed by atoms with Gasteiger partial charge in [0.25, 0.3) is 0 Å². The van der Waals surface area contributed by atoms with E-state index in [1.165, 1.54) is 6.33 Å². The van der Waals surface area contributed by atoms with E-state index >= 15 is 0 Å². The van der Waals surface area contributed by atoms with Crippen molar-refractivity contribution in [2.45, 2.75) is 0 Å². The van der Waals surface area contributed by atoms with Crippen LogP contribution in [0.1, 0.15) is 0 Å². The van der Waals surface area contributed by atoms with Crippen LogP contribution in [0.15, 0.2) is 6.33 Å². The molecule has 0 radical (unpaired) electrons. The lowest BCUT2D eigenvalue weighted by Gasteiger charge is -2.26. The Morgan fingerprint density at radius 3 is 2.77 bits per heavy atom. The smallest absolute Gasteiger partial charge is 0.229 e.